The molecule has 7 rings (SSSR count). The van der Waals surface area contributed by atoms with E-state index in [1.165, 1.54) is 19.3 Å². The van der Waals surface area contributed by atoms with Crippen LogP contribution in [0.3, 0.4) is 0 Å². The highest BCUT2D eigenvalue weighted by Gasteiger charge is 2.49. The van der Waals surface area contributed by atoms with E-state index in [9.17, 15) is 4.79 Å². The second kappa shape index (κ2) is 9.50. The summed E-state index contributed by atoms with van der Waals surface area (Å²) in [7, 11) is 0. The molecular formula is C28H36N8O2. The number of pyridine rings is 1. The zero-order valence-corrected chi connectivity index (χ0v) is 22.0. The van der Waals surface area contributed by atoms with Crippen LogP contribution in [0.5, 0.6) is 0 Å². The van der Waals surface area contributed by atoms with E-state index in [2.05, 4.69) is 48.3 Å². The Labute approximate surface area is 223 Å². The van der Waals surface area contributed by atoms with Crippen LogP contribution in [-0.2, 0) is 9.53 Å². The molecule has 38 heavy (non-hydrogen) atoms. The Kier molecular flexibility index (Phi) is 5.96. The maximum Gasteiger partial charge on any atom is 0.246 e. The summed E-state index contributed by atoms with van der Waals surface area (Å²) in [6.45, 7) is 7.62. The predicted octanol–water partition coefficient (Wildman–Crippen LogP) is 2.56. The van der Waals surface area contributed by atoms with Gasteiger partial charge in [-0.3, -0.25) is 9.69 Å². The van der Waals surface area contributed by atoms with Gasteiger partial charge in [-0.1, -0.05) is 31.4 Å². The highest BCUT2D eigenvalue weighted by Crippen LogP contribution is 2.43. The first-order chi connectivity index (χ1) is 18.6. The number of hydrogen-bond donors (Lipinski definition) is 2. The average Bonchev–Trinajstić information content (AvgIpc) is 2.95. The van der Waals surface area contributed by atoms with Crippen molar-refractivity contribution in [1.29, 1.82) is 0 Å². The Balaban J connectivity index is 1.09. The highest BCUT2D eigenvalue weighted by molar-refractivity contribution is 5.93. The SMILES string of the molecule is CC1CN2CCN(c3ccc(Nc4ncc5c(n4)N4C(C=C5)C(=O)NCC45CCCCC5)nc3)CC2CO1. The lowest BCUT2D eigenvalue weighted by atomic mass is 9.77. The molecule has 0 aromatic carbocycles. The fourth-order valence-electron chi connectivity index (χ4n) is 6.90. The fourth-order valence-corrected chi connectivity index (χ4v) is 6.90. The van der Waals surface area contributed by atoms with Gasteiger partial charge >= 0.3 is 0 Å². The van der Waals surface area contributed by atoms with E-state index in [-0.39, 0.29) is 17.5 Å². The van der Waals surface area contributed by atoms with E-state index in [4.69, 9.17) is 9.72 Å². The number of piperazine rings is 2. The first kappa shape index (κ1) is 23.8. The van der Waals surface area contributed by atoms with Crippen LogP contribution in [-0.4, -0.2) is 88.8 Å². The van der Waals surface area contributed by atoms with E-state index in [0.717, 1.165) is 62.7 Å². The van der Waals surface area contributed by atoms with E-state index < -0.39 is 0 Å². The second-order valence-electron chi connectivity index (χ2n) is 11.4. The number of amides is 1. The van der Waals surface area contributed by atoms with Crippen LogP contribution < -0.4 is 20.4 Å². The van der Waals surface area contributed by atoms with E-state index in [1.807, 2.05) is 30.6 Å². The van der Waals surface area contributed by atoms with Crippen LogP contribution in [0.4, 0.5) is 23.3 Å². The number of ether oxygens (including phenoxy) is 1. The summed E-state index contributed by atoms with van der Waals surface area (Å²) < 4.78 is 5.89. The highest BCUT2D eigenvalue weighted by atomic mass is 16.5. The Morgan fingerprint density at radius 1 is 1.11 bits per heavy atom. The van der Waals surface area contributed by atoms with Gasteiger partial charge in [0, 0.05) is 44.5 Å². The van der Waals surface area contributed by atoms with Crippen LogP contribution in [0.1, 0.15) is 44.6 Å². The van der Waals surface area contributed by atoms with Crippen LogP contribution in [0.25, 0.3) is 6.08 Å². The molecule has 5 aliphatic rings. The molecule has 1 saturated carbocycles. The largest absolute Gasteiger partial charge is 0.375 e. The molecular weight excluding hydrogens is 480 g/mol. The number of carbonyl (C=O) groups is 1. The summed E-state index contributed by atoms with van der Waals surface area (Å²) in [6, 6.07) is 4.21. The van der Waals surface area contributed by atoms with Crippen molar-refractivity contribution in [3.63, 3.8) is 0 Å². The molecule has 3 atom stereocenters. The Bertz CT molecular complexity index is 1230. The summed E-state index contributed by atoms with van der Waals surface area (Å²) in [5.74, 6) is 2.08. The van der Waals surface area contributed by atoms with Gasteiger partial charge in [0.05, 0.1) is 36.2 Å². The monoisotopic (exact) mass is 516 g/mol. The Hall–Kier alpha value is -3.24. The van der Waals surface area contributed by atoms with Crippen molar-refractivity contribution in [2.24, 2.45) is 0 Å². The van der Waals surface area contributed by atoms with Crippen molar-refractivity contribution in [3.8, 4) is 0 Å². The van der Waals surface area contributed by atoms with Crippen molar-refractivity contribution in [3.05, 3.63) is 36.2 Å². The Morgan fingerprint density at radius 2 is 2.00 bits per heavy atom. The number of nitrogens with one attached hydrogen (secondary N) is 2. The zero-order valence-electron chi connectivity index (χ0n) is 22.0. The molecule has 10 heteroatoms. The third-order valence-electron chi connectivity index (χ3n) is 8.94. The van der Waals surface area contributed by atoms with Crippen LogP contribution in [0, 0.1) is 0 Å². The minimum atomic E-state index is -0.326. The van der Waals surface area contributed by atoms with Gasteiger partial charge < -0.3 is 25.2 Å². The number of nitrogens with zero attached hydrogens (tertiary/aromatic N) is 6. The number of hydrogen-bond acceptors (Lipinski definition) is 9. The molecule has 2 N–H and O–H groups in total. The van der Waals surface area contributed by atoms with Gasteiger partial charge in [0.1, 0.15) is 17.7 Å². The second-order valence-corrected chi connectivity index (χ2v) is 11.4. The standard InChI is InChI=1S/C28H36N8O2/c1-19-15-34-11-12-35(16-22(34)17-38-19)21-6-8-24(29-14-21)32-27-30-13-20-5-7-23-26(37)31-18-28(9-3-2-4-10-28)36(23)25(20)33-27/h5-8,13-14,19,22-23H,2-4,9-12,15-18H2,1H3,(H,31,37)(H,29,30,32,33). The van der Waals surface area contributed by atoms with Gasteiger partial charge in [-0.25, -0.2) is 9.97 Å². The summed E-state index contributed by atoms with van der Waals surface area (Å²) in [5, 5.41) is 6.46. The molecule has 4 aliphatic heterocycles. The molecule has 0 radical (unpaired) electrons. The molecule has 1 spiro atoms. The van der Waals surface area contributed by atoms with Gasteiger partial charge in [0.25, 0.3) is 0 Å². The number of fused-ring (bicyclic) bond motifs is 5. The van der Waals surface area contributed by atoms with Crippen molar-refractivity contribution in [2.75, 3.05) is 54.4 Å². The molecule has 4 fully saturated rings. The normalized spacial score (nSPS) is 28.3. The van der Waals surface area contributed by atoms with Gasteiger partial charge in [-0.2, -0.15) is 4.98 Å². The third-order valence-corrected chi connectivity index (χ3v) is 8.94. The number of carbonyl (C=O) groups excluding carboxylic acids is 1. The summed E-state index contributed by atoms with van der Waals surface area (Å²) in [4.78, 5) is 34.2. The predicted molar refractivity (Wildman–Crippen MR) is 147 cm³/mol. The van der Waals surface area contributed by atoms with Crippen molar-refractivity contribution < 1.29 is 9.53 Å². The lowest BCUT2D eigenvalue weighted by Crippen LogP contribution is -2.69. The topological polar surface area (TPSA) is 98.8 Å². The quantitative estimate of drug-likeness (QED) is 0.638. The third kappa shape index (κ3) is 4.19. The minimum Gasteiger partial charge on any atom is -0.375 e. The number of rotatable bonds is 3. The summed E-state index contributed by atoms with van der Waals surface area (Å²) in [6.07, 6.45) is 13.8. The molecule has 10 nitrogen and oxygen atoms in total. The summed E-state index contributed by atoms with van der Waals surface area (Å²) >= 11 is 0. The van der Waals surface area contributed by atoms with Gasteiger partial charge in [0.2, 0.25) is 11.9 Å². The zero-order chi connectivity index (χ0) is 25.7. The molecule has 1 aliphatic carbocycles. The smallest absolute Gasteiger partial charge is 0.246 e. The van der Waals surface area contributed by atoms with Crippen LogP contribution in [0.15, 0.2) is 30.6 Å². The van der Waals surface area contributed by atoms with Gasteiger partial charge in [-0.15, -0.1) is 0 Å². The summed E-state index contributed by atoms with van der Waals surface area (Å²) in [5.41, 5.74) is 1.98. The minimum absolute atomic E-state index is 0.0450. The number of morpholine rings is 1. The first-order valence-electron chi connectivity index (χ1n) is 14.0. The maximum atomic E-state index is 12.8. The van der Waals surface area contributed by atoms with Crippen LogP contribution in [0.2, 0.25) is 0 Å². The number of anilines is 4. The van der Waals surface area contributed by atoms with Crippen molar-refractivity contribution in [1.82, 2.24) is 25.2 Å². The first-order valence-corrected chi connectivity index (χ1v) is 14.0. The molecule has 2 aromatic rings. The van der Waals surface area contributed by atoms with Crippen molar-refractivity contribution >= 4 is 35.3 Å². The number of aromatic nitrogens is 3. The van der Waals surface area contributed by atoms with E-state index >= 15 is 0 Å². The van der Waals surface area contributed by atoms with E-state index in [1.54, 1.807) is 0 Å². The van der Waals surface area contributed by atoms with Gasteiger partial charge in [0.15, 0.2) is 0 Å². The Morgan fingerprint density at radius 3 is 2.84 bits per heavy atom. The molecule has 3 unspecified atom stereocenters. The molecule has 2 aromatic heterocycles. The van der Waals surface area contributed by atoms with Crippen LogP contribution >= 0.6 is 0 Å². The van der Waals surface area contributed by atoms with Gasteiger partial charge in [-0.05, 0) is 31.9 Å². The van der Waals surface area contributed by atoms with E-state index in [0.29, 0.717) is 30.5 Å². The molecule has 0 bridgehead atoms. The fraction of sp³-hybridized carbons (Fsp3) is 0.571. The van der Waals surface area contributed by atoms with Crippen molar-refractivity contribution in [2.45, 2.75) is 62.8 Å². The molecule has 6 heterocycles. The molecule has 3 saturated heterocycles. The maximum absolute atomic E-state index is 12.8. The lowest BCUT2D eigenvalue weighted by Gasteiger charge is -2.54. The molecule has 1 amide bonds. The lowest BCUT2D eigenvalue weighted by molar-refractivity contribution is -0.123. The average molecular weight is 517 g/mol. The molecule has 200 valence electrons.